The number of halogens is 3. The maximum absolute atomic E-state index is 14.8. The number of urea groups is 1. The number of carbonyl (C=O) groups excluding carboxylic acids is 2. The maximum Gasteiger partial charge on any atom is 0.321 e. The Labute approximate surface area is 235 Å². The van der Waals surface area contributed by atoms with Crippen molar-refractivity contribution in [2.75, 3.05) is 45.8 Å². The zero-order valence-electron chi connectivity index (χ0n) is 21.5. The van der Waals surface area contributed by atoms with E-state index in [1.54, 1.807) is 0 Å². The molecule has 0 radical (unpaired) electrons. The maximum atomic E-state index is 14.8. The average molecular weight is 602 g/mol. The number of hydroxylamine groups is 1. The van der Waals surface area contributed by atoms with Crippen LogP contribution in [0.4, 0.5) is 13.6 Å². The average Bonchev–Trinajstić information content (AvgIpc) is 3.44. The van der Waals surface area contributed by atoms with Crippen LogP contribution in [0.15, 0.2) is 54.1 Å². The minimum absolute atomic E-state index is 0.0577. The number of sulfonamides is 1. The first-order valence-corrected chi connectivity index (χ1v) is 14.1. The van der Waals surface area contributed by atoms with Gasteiger partial charge in [0, 0.05) is 37.4 Å². The highest BCUT2D eigenvalue weighted by atomic mass is 35.5. The van der Waals surface area contributed by atoms with Crippen molar-refractivity contribution in [3.63, 3.8) is 0 Å². The highest BCUT2D eigenvalue weighted by molar-refractivity contribution is 7.89. The first-order valence-electron chi connectivity index (χ1n) is 12.3. The van der Waals surface area contributed by atoms with Crippen molar-refractivity contribution in [1.82, 2.24) is 24.9 Å². The molecule has 218 valence electrons. The molecule has 1 saturated heterocycles. The van der Waals surface area contributed by atoms with Gasteiger partial charge in [-0.05, 0) is 62.3 Å². The number of rotatable bonds is 13. The van der Waals surface area contributed by atoms with Crippen molar-refractivity contribution in [3.8, 4) is 11.5 Å². The van der Waals surface area contributed by atoms with Gasteiger partial charge in [-0.25, -0.2) is 27.5 Å². The number of hydrogen-bond donors (Lipinski definition) is 3. The molecule has 40 heavy (non-hydrogen) atoms. The van der Waals surface area contributed by atoms with Crippen LogP contribution in [0.5, 0.6) is 11.5 Å². The lowest BCUT2D eigenvalue weighted by molar-refractivity contribution is -0.129. The number of carbonyl (C=O) groups is 2. The predicted octanol–water partition coefficient (Wildman–Crippen LogP) is 3.16. The van der Waals surface area contributed by atoms with Crippen molar-refractivity contribution in [3.05, 3.63) is 65.8 Å². The Morgan fingerprint density at radius 3 is 2.33 bits per heavy atom. The summed E-state index contributed by atoms with van der Waals surface area (Å²) in [6, 6.07) is 6.17. The third kappa shape index (κ3) is 8.35. The molecule has 1 aliphatic heterocycles. The van der Waals surface area contributed by atoms with E-state index in [9.17, 15) is 26.8 Å². The van der Waals surface area contributed by atoms with Gasteiger partial charge < -0.3 is 19.9 Å². The number of benzene rings is 2. The second-order valence-corrected chi connectivity index (χ2v) is 11.2. The zero-order valence-corrected chi connectivity index (χ0v) is 23.1. The van der Waals surface area contributed by atoms with Gasteiger partial charge in [-0.3, -0.25) is 10.0 Å². The van der Waals surface area contributed by atoms with E-state index in [4.69, 9.17) is 21.5 Å². The SMILES string of the molecule is C=CN(CCN(CC(=O)NO)S(=O)(=O)c1cc(F)c(Oc2ccc(Cl)cc2)c(F)c1)C(=O)NCCN1CCCC1. The van der Waals surface area contributed by atoms with Gasteiger partial charge in [0.1, 0.15) is 5.75 Å². The van der Waals surface area contributed by atoms with Crippen molar-refractivity contribution in [1.29, 1.82) is 0 Å². The Hall–Kier alpha value is -3.30. The molecule has 0 atom stereocenters. The molecule has 0 unspecified atom stereocenters. The molecule has 3 amide bonds. The van der Waals surface area contributed by atoms with E-state index in [2.05, 4.69) is 16.8 Å². The second kappa shape index (κ2) is 14.4. The molecule has 15 heteroatoms. The fourth-order valence-corrected chi connectivity index (χ4v) is 5.49. The van der Waals surface area contributed by atoms with Gasteiger partial charge in [0.2, 0.25) is 10.0 Å². The molecular weight excluding hydrogens is 572 g/mol. The number of hydrogen-bond acceptors (Lipinski definition) is 7. The van der Waals surface area contributed by atoms with Crippen LogP contribution >= 0.6 is 11.6 Å². The number of nitrogens with zero attached hydrogens (tertiary/aromatic N) is 3. The summed E-state index contributed by atoms with van der Waals surface area (Å²) in [7, 11) is -4.70. The van der Waals surface area contributed by atoms with Gasteiger partial charge >= 0.3 is 6.03 Å². The lowest BCUT2D eigenvalue weighted by atomic mass is 10.3. The molecule has 0 bridgehead atoms. The number of ether oxygens (including phenoxy) is 1. The third-order valence-corrected chi connectivity index (χ3v) is 8.14. The van der Waals surface area contributed by atoms with Gasteiger partial charge in [-0.15, -0.1) is 0 Å². The van der Waals surface area contributed by atoms with Gasteiger partial charge in [0.15, 0.2) is 17.4 Å². The van der Waals surface area contributed by atoms with Gasteiger partial charge in [0.05, 0.1) is 11.4 Å². The minimum Gasteiger partial charge on any atom is -0.451 e. The summed E-state index contributed by atoms with van der Waals surface area (Å²) in [6.45, 7) is 4.88. The summed E-state index contributed by atoms with van der Waals surface area (Å²) in [5, 5.41) is 12.0. The van der Waals surface area contributed by atoms with Crippen molar-refractivity contribution in [2.24, 2.45) is 0 Å². The molecule has 2 aromatic carbocycles. The minimum atomic E-state index is -4.70. The normalized spacial score (nSPS) is 13.7. The molecule has 2 aromatic rings. The number of amides is 3. The largest absolute Gasteiger partial charge is 0.451 e. The first kappa shape index (κ1) is 31.2. The molecule has 11 nitrogen and oxygen atoms in total. The quantitative estimate of drug-likeness (QED) is 0.237. The van der Waals surface area contributed by atoms with Crippen molar-refractivity contribution >= 4 is 33.6 Å². The zero-order chi connectivity index (χ0) is 29.3. The molecule has 3 N–H and O–H groups in total. The number of nitrogens with one attached hydrogen (secondary N) is 2. The van der Waals surface area contributed by atoms with E-state index in [1.165, 1.54) is 35.9 Å². The summed E-state index contributed by atoms with van der Waals surface area (Å²) < 4.78 is 62.1. The van der Waals surface area contributed by atoms with Crippen LogP contribution in [0.25, 0.3) is 0 Å². The van der Waals surface area contributed by atoms with Crippen molar-refractivity contribution < 1.29 is 36.7 Å². The fraction of sp³-hybridized carbons (Fsp3) is 0.360. The van der Waals surface area contributed by atoms with Crippen molar-refractivity contribution in [2.45, 2.75) is 17.7 Å². The number of likely N-dealkylation sites (tertiary alicyclic amines) is 1. The highest BCUT2D eigenvalue weighted by Gasteiger charge is 2.30. The highest BCUT2D eigenvalue weighted by Crippen LogP contribution is 2.31. The van der Waals surface area contributed by atoms with E-state index in [0.717, 1.165) is 30.8 Å². The van der Waals surface area contributed by atoms with Crippen LogP contribution in [0.3, 0.4) is 0 Å². The molecule has 0 saturated carbocycles. The van der Waals surface area contributed by atoms with Gasteiger partial charge in [-0.1, -0.05) is 18.2 Å². The van der Waals surface area contributed by atoms with Crippen LogP contribution in [-0.4, -0.2) is 85.5 Å². The van der Waals surface area contributed by atoms with E-state index in [-0.39, 0.29) is 12.3 Å². The molecule has 1 aliphatic rings. The van der Waals surface area contributed by atoms with Gasteiger partial charge in [-0.2, -0.15) is 4.31 Å². The van der Waals surface area contributed by atoms with Crippen LogP contribution in [0, 0.1) is 11.6 Å². The Morgan fingerprint density at radius 2 is 1.75 bits per heavy atom. The Kier molecular flexibility index (Phi) is 11.2. The summed E-state index contributed by atoms with van der Waals surface area (Å²) >= 11 is 5.79. The second-order valence-electron chi connectivity index (χ2n) is 8.80. The fourth-order valence-electron chi connectivity index (χ4n) is 3.96. The van der Waals surface area contributed by atoms with Gasteiger partial charge in [0.25, 0.3) is 5.91 Å². The Morgan fingerprint density at radius 1 is 1.12 bits per heavy atom. The van der Waals surface area contributed by atoms with E-state index < -0.39 is 57.3 Å². The van der Waals surface area contributed by atoms with E-state index in [1.807, 2.05) is 0 Å². The summed E-state index contributed by atoms with van der Waals surface area (Å²) in [5.41, 5.74) is 1.32. The lowest BCUT2D eigenvalue weighted by Crippen LogP contribution is -2.46. The Balaban J connectivity index is 1.74. The van der Waals surface area contributed by atoms with E-state index >= 15 is 0 Å². The summed E-state index contributed by atoms with van der Waals surface area (Å²) in [4.78, 5) is 26.9. The summed E-state index contributed by atoms with van der Waals surface area (Å²) in [5.74, 6) is -4.52. The lowest BCUT2D eigenvalue weighted by Gasteiger charge is -2.25. The van der Waals surface area contributed by atoms with E-state index in [0.29, 0.717) is 34.6 Å². The molecule has 1 fully saturated rings. The molecule has 3 rings (SSSR count). The molecule has 0 spiro atoms. The first-order chi connectivity index (χ1) is 19.0. The predicted molar refractivity (Wildman–Crippen MR) is 143 cm³/mol. The third-order valence-electron chi connectivity index (χ3n) is 6.06. The molecular formula is C25H30ClF2N5O6S. The van der Waals surface area contributed by atoms with Crippen LogP contribution in [0.2, 0.25) is 5.02 Å². The molecule has 0 aromatic heterocycles. The standard InChI is InChI=1S/C25H30ClF2N5O6S/c1-2-32(25(35)29-9-12-31-10-3-4-11-31)13-14-33(17-23(34)30-36)40(37,38)20-15-21(27)24(22(28)16-20)39-19-7-5-18(26)6-8-19/h2,5-8,15-16,36H,1,3-4,9-14,17H2,(H,29,35)(H,30,34). The molecule has 0 aliphatic carbocycles. The Bertz CT molecular complexity index is 1290. The monoisotopic (exact) mass is 601 g/mol. The van der Waals surface area contributed by atoms with Crippen LogP contribution < -0.4 is 15.5 Å². The summed E-state index contributed by atoms with van der Waals surface area (Å²) in [6.07, 6.45) is 3.39. The molecule has 1 heterocycles. The van der Waals surface area contributed by atoms with Crippen LogP contribution in [-0.2, 0) is 14.8 Å². The van der Waals surface area contributed by atoms with Crippen LogP contribution in [0.1, 0.15) is 12.8 Å². The topological polar surface area (TPSA) is 132 Å². The smallest absolute Gasteiger partial charge is 0.321 e.